The molecule has 0 aliphatic heterocycles. The number of aromatic nitrogens is 4. The topological polar surface area (TPSA) is 121 Å². The van der Waals surface area contributed by atoms with Crippen molar-refractivity contribution in [3.63, 3.8) is 0 Å². The summed E-state index contributed by atoms with van der Waals surface area (Å²) in [5.41, 5.74) is 0.634. The maximum Gasteiger partial charge on any atom is 0.364 e. The van der Waals surface area contributed by atoms with E-state index >= 15 is 0 Å². The van der Waals surface area contributed by atoms with Gasteiger partial charge >= 0.3 is 5.97 Å². The highest BCUT2D eigenvalue weighted by Gasteiger charge is 2.31. The minimum absolute atomic E-state index is 0.244. The first-order chi connectivity index (χ1) is 9.38. The van der Waals surface area contributed by atoms with Gasteiger partial charge in [0.2, 0.25) is 0 Å². The molecule has 0 unspecified atom stereocenters. The molecule has 1 rings (SSSR count). The number of hydrogen-bond acceptors (Lipinski definition) is 6. The zero-order chi connectivity index (χ0) is 15.2. The first kappa shape index (κ1) is 16.0. The van der Waals surface area contributed by atoms with Crippen LogP contribution in [0, 0.1) is 0 Å². The van der Waals surface area contributed by atoms with Gasteiger partial charge in [-0.1, -0.05) is 18.7 Å². The first-order valence-electron chi connectivity index (χ1n) is 6.18. The van der Waals surface area contributed by atoms with Gasteiger partial charge in [-0.25, -0.2) is 9.48 Å². The number of carbonyl (C=O) groups is 1. The van der Waals surface area contributed by atoms with Crippen LogP contribution in [0.1, 0.15) is 32.0 Å². The highest BCUT2D eigenvalue weighted by atomic mass is 16.5. The number of aliphatic carboxylic acids is 1. The number of nitrogens with zero attached hydrogens (tertiary/aromatic N) is 4. The van der Waals surface area contributed by atoms with Crippen LogP contribution in [-0.4, -0.2) is 47.3 Å². The quantitative estimate of drug-likeness (QED) is 0.353. The van der Waals surface area contributed by atoms with Gasteiger partial charge in [0.05, 0.1) is 0 Å². The molecule has 8 nitrogen and oxygen atoms in total. The zero-order valence-electron chi connectivity index (χ0n) is 11.2. The van der Waals surface area contributed by atoms with Gasteiger partial charge in [-0.2, -0.15) is 0 Å². The van der Waals surface area contributed by atoms with Crippen LogP contribution >= 0.6 is 0 Å². The molecule has 0 aromatic carbocycles. The van der Waals surface area contributed by atoms with E-state index in [1.807, 2.05) is 6.92 Å². The summed E-state index contributed by atoms with van der Waals surface area (Å²) in [5.74, 6) is -3.75. The molecule has 0 spiro atoms. The third kappa shape index (κ3) is 4.25. The van der Waals surface area contributed by atoms with Crippen LogP contribution in [0.5, 0.6) is 0 Å². The van der Waals surface area contributed by atoms with E-state index in [1.54, 1.807) is 16.8 Å². The van der Waals surface area contributed by atoms with Gasteiger partial charge in [-0.15, -0.1) is 5.10 Å². The van der Waals surface area contributed by atoms with Crippen molar-refractivity contribution in [2.45, 2.75) is 38.5 Å². The lowest BCUT2D eigenvalue weighted by molar-refractivity contribution is -0.205. The lowest BCUT2D eigenvalue weighted by atomic mass is 10.1. The van der Waals surface area contributed by atoms with E-state index in [9.17, 15) is 4.79 Å². The monoisotopic (exact) mass is 282 g/mol. The minimum atomic E-state index is -2.67. The number of carboxylic acid groups (broad SMARTS) is 1. The molecule has 110 valence electrons. The van der Waals surface area contributed by atoms with Crippen molar-refractivity contribution in [3.8, 4) is 0 Å². The molecule has 0 bridgehead atoms. The Morgan fingerprint density at radius 2 is 2.20 bits per heavy atom. The number of carboxylic acids is 1. The SMILES string of the molecule is C=C(C=CCCCC(O)(O)C(=O)O)c1nnnn1CC. The Balaban J connectivity index is 2.43. The number of aryl methyl sites for hydroxylation is 1. The van der Waals surface area contributed by atoms with Gasteiger partial charge in [0, 0.05) is 18.5 Å². The van der Waals surface area contributed by atoms with Gasteiger partial charge in [0.15, 0.2) is 5.82 Å². The van der Waals surface area contributed by atoms with Crippen molar-refractivity contribution in [3.05, 3.63) is 24.6 Å². The Morgan fingerprint density at radius 3 is 2.80 bits per heavy atom. The summed E-state index contributed by atoms with van der Waals surface area (Å²) in [6.45, 7) is 6.38. The summed E-state index contributed by atoms with van der Waals surface area (Å²) in [6, 6.07) is 0. The van der Waals surface area contributed by atoms with Crippen molar-refractivity contribution in [1.82, 2.24) is 20.2 Å². The Hall–Kier alpha value is -2.06. The molecule has 3 N–H and O–H groups in total. The molecular weight excluding hydrogens is 264 g/mol. The maximum absolute atomic E-state index is 10.5. The predicted octanol–water partition coefficient (Wildman–Crippen LogP) is 0.198. The average Bonchev–Trinajstić information content (AvgIpc) is 2.86. The maximum atomic E-state index is 10.5. The van der Waals surface area contributed by atoms with Crippen LogP contribution in [0.2, 0.25) is 0 Å². The van der Waals surface area contributed by atoms with Gasteiger partial charge < -0.3 is 15.3 Å². The summed E-state index contributed by atoms with van der Waals surface area (Å²) in [5, 5.41) is 37.9. The number of rotatable bonds is 8. The zero-order valence-corrected chi connectivity index (χ0v) is 11.2. The molecule has 0 fully saturated rings. The van der Waals surface area contributed by atoms with Crippen LogP contribution in [-0.2, 0) is 11.3 Å². The van der Waals surface area contributed by atoms with Gasteiger partial charge in [-0.3, -0.25) is 0 Å². The molecule has 0 aliphatic rings. The molecule has 0 radical (unpaired) electrons. The third-order valence-corrected chi connectivity index (χ3v) is 2.68. The van der Waals surface area contributed by atoms with Gasteiger partial charge in [0.25, 0.3) is 5.79 Å². The fourth-order valence-corrected chi connectivity index (χ4v) is 1.52. The number of tetrazole rings is 1. The summed E-state index contributed by atoms with van der Waals surface area (Å²) in [7, 11) is 0. The fraction of sp³-hybridized carbons (Fsp3) is 0.500. The highest BCUT2D eigenvalue weighted by molar-refractivity contribution is 5.74. The summed E-state index contributed by atoms with van der Waals surface area (Å²) in [6.07, 6.45) is 4.04. The number of allylic oxidation sites excluding steroid dienone is 3. The van der Waals surface area contributed by atoms with E-state index in [0.717, 1.165) is 0 Å². The number of hydrogen-bond donors (Lipinski definition) is 3. The van der Waals surface area contributed by atoms with E-state index in [2.05, 4.69) is 22.1 Å². The van der Waals surface area contributed by atoms with E-state index in [-0.39, 0.29) is 6.42 Å². The van der Waals surface area contributed by atoms with Crippen LogP contribution < -0.4 is 0 Å². The number of unbranched alkanes of at least 4 members (excludes halogenated alkanes) is 1. The van der Waals surface area contributed by atoms with E-state index < -0.39 is 11.8 Å². The molecular formula is C12H18N4O4. The third-order valence-electron chi connectivity index (χ3n) is 2.68. The fourth-order valence-electron chi connectivity index (χ4n) is 1.52. The van der Waals surface area contributed by atoms with Crippen LogP contribution in [0.4, 0.5) is 0 Å². The van der Waals surface area contributed by atoms with Crippen LogP contribution in [0.3, 0.4) is 0 Å². The van der Waals surface area contributed by atoms with Crippen LogP contribution in [0.25, 0.3) is 5.57 Å². The molecule has 8 heteroatoms. The molecule has 0 aliphatic carbocycles. The Morgan fingerprint density at radius 1 is 1.50 bits per heavy atom. The second-order valence-corrected chi connectivity index (χ2v) is 4.26. The van der Waals surface area contributed by atoms with Gasteiger partial charge in [0.1, 0.15) is 0 Å². The van der Waals surface area contributed by atoms with Crippen molar-refractivity contribution < 1.29 is 20.1 Å². The Bertz CT molecular complexity index is 507. The molecule has 0 saturated carbocycles. The predicted molar refractivity (Wildman–Crippen MR) is 70.3 cm³/mol. The largest absolute Gasteiger partial charge is 0.477 e. The van der Waals surface area contributed by atoms with E-state index in [0.29, 0.717) is 30.8 Å². The minimum Gasteiger partial charge on any atom is -0.477 e. The molecule has 1 aromatic rings. The molecule has 20 heavy (non-hydrogen) atoms. The molecule has 1 aromatic heterocycles. The molecule has 1 heterocycles. The average molecular weight is 282 g/mol. The second kappa shape index (κ2) is 6.92. The number of aliphatic hydroxyl groups is 2. The highest BCUT2D eigenvalue weighted by Crippen LogP contribution is 2.13. The van der Waals surface area contributed by atoms with Crippen molar-refractivity contribution in [2.75, 3.05) is 0 Å². The normalized spacial score (nSPS) is 11.9. The standard InChI is InChI=1S/C12H18N4O4/c1-3-16-10(13-14-15-16)9(2)7-5-4-6-8-12(19,20)11(17)18/h5,7,19-20H,2-4,6,8H2,1H3,(H,17,18). The summed E-state index contributed by atoms with van der Waals surface area (Å²) in [4.78, 5) is 10.5. The molecule has 0 amide bonds. The second-order valence-electron chi connectivity index (χ2n) is 4.26. The molecule has 0 saturated heterocycles. The summed E-state index contributed by atoms with van der Waals surface area (Å²) >= 11 is 0. The lowest BCUT2D eigenvalue weighted by Crippen LogP contribution is -2.37. The Labute approximate surface area is 116 Å². The van der Waals surface area contributed by atoms with E-state index in [4.69, 9.17) is 15.3 Å². The summed E-state index contributed by atoms with van der Waals surface area (Å²) < 4.78 is 1.60. The Kier molecular flexibility index (Phi) is 5.53. The molecule has 0 atom stereocenters. The van der Waals surface area contributed by atoms with Crippen molar-refractivity contribution in [2.24, 2.45) is 0 Å². The van der Waals surface area contributed by atoms with E-state index in [1.165, 1.54) is 0 Å². The van der Waals surface area contributed by atoms with Crippen molar-refractivity contribution >= 4 is 11.5 Å². The van der Waals surface area contributed by atoms with Crippen LogP contribution in [0.15, 0.2) is 18.7 Å². The smallest absolute Gasteiger partial charge is 0.364 e. The van der Waals surface area contributed by atoms with Gasteiger partial charge in [-0.05, 0) is 30.2 Å². The lowest BCUT2D eigenvalue weighted by Gasteiger charge is -2.14. The first-order valence-corrected chi connectivity index (χ1v) is 6.18. The van der Waals surface area contributed by atoms with Crippen molar-refractivity contribution in [1.29, 1.82) is 0 Å².